The maximum atomic E-state index is 13.8. The van der Waals surface area contributed by atoms with E-state index in [9.17, 15) is 9.59 Å². The average molecular weight is 584 g/mol. The van der Waals surface area contributed by atoms with Crippen LogP contribution in [0.15, 0.2) is 102 Å². The highest BCUT2D eigenvalue weighted by molar-refractivity contribution is 5.97. The summed E-state index contributed by atoms with van der Waals surface area (Å²) in [6.07, 6.45) is -0.730. The maximum Gasteiger partial charge on any atom is 0.411 e. The second kappa shape index (κ2) is 14.8. The molecular formula is C32H33N5O6. The molecule has 0 spiro atoms. The highest BCUT2D eigenvalue weighted by atomic mass is 16.5. The standard InChI is InChI=1S/C32H33N5O6/c1-41-27-17-25(26(36-32(39)42-2)18-28(27)43-20-22-11-7-4-8-12-22)29(31(38)34-19-21-9-5-3-6-10-21)35-24-15-13-23(14-16-24)30(33)37-40/h3-18,29,35,40H,19-20H2,1-2H3,(H2,33,37)(H,34,38)(H,36,39). The Labute approximate surface area is 249 Å². The van der Waals surface area contributed by atoms with Crippen molar-refractivity contribution >= 4 is 29.2 Å². The number of oxime groups is 1. The van der Waals surface area contributed by atoms with Crippen molar-refractivity contribution in [3.05, 3.63) is 119 Å². The zero-order chi connectivity index (χ0) is 30.6. The molecule has 0 bridgehead atoms. The maximum absolute atomic E-state index is 13.8. The molecule has 11 heteroatoms. The molecule has 6 N–H and O–H groups in total. The number of amidine groups is 1. The van der Waals surface area contributed by atoms with E-state index in [0.29, 0.717) is 28.3 Å². The third kappa shape index (κ3) is 8.17. The minimum Gasteiger partial charge on any atom is -0.493 e. The fourth-order valence-corrected chi connectivity index (χ4v) is 4.22. The van der Waals surface area contributed by atoms with Crippen LogP contribution in [0.5, 0.6) is 11.5 Å². The van der Waals surface area contributed by atoms with Gasteiger partial charge in [0.1, 0.15) is 12.6 Å². The van der Waals surface area contributed by atoms with Crippen molar-refractivity contribution in [3.63, 3.8) is 0 Å². The number of methoxy groups -OCH3 is 2. The van der Waals surface area contributed by atoms with Gasteiger partial charge in [0.15, 0.2) is 17.3 Å². The predicted octanol–water partition coefficient (Wildman–Crippen LogP) is 5.02. The minimum absolute atomic E-state index is 0.0518. The van der Waals surface area contributed by atoms with Crippen LogP contribution in [0.1, 0.15) is 28.3 Å². The van der Waals surface area contributed by atoms with Crippen LogP contribution in [-0.2, 0) is 22.7 Å². The first-order chi connectivity index (χ1) is 20.9. The molecule has 0 aliphatic heterocycles. The largest absolute Gasteiger partial charge is 0.493 e. The third-order valence-corrected chi connectivity index (χ3v) is 6.48. The fraction of sp³-hybridized carbons (Fsp3) is 0.156. The predicted molar refractivity (Wildman–Crippen MR) is 163 cm³/mol. The zero-order valence-corrected chi connectivity index (χ0v) is 23.7. The van der Waals surface area contributed by atoms with E-state index in [0.717, 1.165) is 11.1 Å². The van der Waals surface area contributed by atoms with E-state index >= 15 is 0 Å². The quantitative estimate of drug-likeness (QED) is 0.0674. The summed E-state index contributed by atoms with van der Waals surface area (Å²) in [6.45, 7) is 0.523. The third-order valence-electron chi connectivity index (χ3n) is 6.48. The molecule has 43 heavy (non-hydrogen) atoms. The van der Waals surface area contributed by atoms with Crippen LogP contribution in [0.3, 0.4) is 0 Å². The number of benzene rings is 4. The molecule has 0 aromatic heterocycles. The second-order valence-corrected chi connectivity index (χ2v) is 9.32. The summed E-state index contributed by atoms with van der Waals surface area (Å²) in [6, 6.07) is 27.9. The Morgan fingerprint density at radius 1 is 0.884 bits per heavy atom. The number of ether oxygens (including phenoxy) is 3. The number of anilines is 2. The molecule has 0 aliphatic carbocycles. The van der Waals surface area contributed by atoms with Gasteiger partial charge in [-0.1, -0.05) is 65.8 Å². The van der Waals surface area contributed by atoms with Gasteiger partial charge >= 0.3 is 6.09 Å². The SMILES string of the molecule is COC(=O)Nc1cc(OCc2ccccc2)c(OC)cc1C(Nc1ccc(/C(N)=N/O)cc1)C(=O)NCc1ccccc1. The van der Waals surface area contributed by atoms with Crippen LogP contribution < -0.4 is 31.2 Å². The summed E-state index contributed by atoms with van der Waals surface area (Å²) in [5, 5.41) is 20.9. The van der Waals surface area contributed by atoms with E-state index in [4.69, 9.17) is 25.2 Å². The molecule has 0 fully saturated rings. The number of amides is 2. The number of nitrogens with two attached hydrogens (primary N) is 1. The Kier molecular flexibility index (Phi) is 10.4. The van der Waals surface area contributed by atoms with Crippen molar-refractivity contribution in [3.8, 4) is 11.5 Å². The van der Waals surface area contributed by atoms with Crippen molar-refractivity contribution in [2.75, 3.05) is 24.9 Å². The van der Waals surface area contributed by atoms with E-state index in [1.807, 2.05) is 60.7 Å². The summed E-state index contributed by atoms with van der Waals surface area (Å²) < 4.78 is 16.6. The van der Waals surface area contributed by atoms with Crippen LogP contribution in [-0.4, -0.2) is 37.3 Å². The Bertz CT molecular complexity index is 1550. The van der Waals surface area contributed by atoms with Gasteiger partial charge in [-0.05, 0) is 41.5 Å². The number of hydrogen-bond acceptors (Lipinski definition) is 8. The van der Waals surface area contributed by atoms with Gasteiger partial charge in [0, 0.05) is 29.4 Å². The number of nitrogens with zero attached hydrogens (tertiary/aromatic N) is 1. The highest BCUT2D eigenvalue weighted by Crippen LogP contribution is 2.38. The van der Waals surface area contributed by atoms with Crippen LogP contribution >= 0.6 is 0 Å². The van der Waals surface area contributed by atoms with Crippen molar-refractivity contribution in [1.29, 1.82) is 0 Å². The molecule has 0 saturated heterocycles. The normalized spacial score (nSPS) is 11.6. The van der Waals surface area contributed by atoms with Gasteiger partial charge in [0.05, 0.1) is 19.9 Å². The summed E-state index contributed by atoms with van der Waals surface area (Å²) in [7, 11) is 2.74. The molecule has 0 aliphatic rings. The van der Waals surface area contributed by atoms with Gasteiger partial charge in [-0.3, -0.25) is 10.1 Å². The lowest BCUT2D eigenvalue weighted by atomic mass is 10.0. The second-order valence-electron chi connectivity index (χ2n) is 9.32. The average Bonchev–Trinajstić information content (AvgIpc) is 3.06. The molecule has 4 aromatic carbocycles. The minimum atomic E-state index is -1.01. The topological polar surface area (TPSA) is 157 Å². The van der Waals surface area contributed by atoms with Crippen molar-refractivity contribution in [2.24, 2.45) is 10.9 Å². The molecule has 0 saturated carbocycles. The lowest BCUT2D eigenvalue weighted by Gasteiger charge is -2.24. The van der Waals surface area contributed by atoms with Crippen LogP contribution in [0, 0.1) is 0 Å². The van der Waals surface area contributed by atoms with E-state index in [1.165, 1.54) is 14.2 Å². The van der Waals surface area contributed by atoms with Gasteiger partial charge in [0.25, 0.3) is 0 Å². The Morgan fingerprint density at radius 3 is 2.14 bits per heavy atom. The van der Waals surface area contributed by atoms with Crippen LogP contribution in [0.4, 0.5) is 16.2 Å². The first kappa shape index (κ1) is 30.3. The number of carbonyl (C=O) groups is 2. The number of rotatable bonds is 12. The molecule has 4 aromatic rings. The van der Waals surface area contributed by atoms with E-state index in [1.54, 1.807) is 36.4 Å². The summed E-state index contributed by atoms with van der Waals surface area (Å²) in [4.78, 5) is 26.2. The Hall–Kier alpha value is -5.71. The van der Waals surface area contributed by atoms with Gasteiger partial charge in [-0.2, -0.15) is 0 Å². The van der Waals surface area contributed by atoms with Crippen molar-refractivity contribution in [1.82, 2.24) is 5.32 Å². The van der Waals surface area contributed by atoms with E-state index in [2.05, 4.69) is 21.1 Å². The van der Waals surface area contributed by atoms with Gasteiger partial charge < -0.3 is 35.8 Å². The molecule has 11 nitrogen and oxygen atoms in total. The van der Waals surface area contributed by atoms with E-state index in [-0.39, 0.29) is 30.6 Å². The monoisotopic (exact) mass is 583 g/mol. The number of carbonyl (C=O) groups excluding carboxylic acids is 2. The molecule has 1 unspecified atom stereocenters. The molecule has 222 valence electrons. The molecule has 0 heterocycles. The molecular weight excluding hydrogens is 550 g/mol. The molecule has 4 rings (SSSR count). The van der Waals surface area contributed by atoms with Crippen molar-refractivity contribution < 1.29 is 29.0 Å². The van der Waals surface area contributed by atoms with Crippen LogP contribution in [0.2, 0.25) is 0 Å². The molecule has 2 amide bonds. The summed E-state index contributed by atoms with van der Waals surface area (Å²) >= 11 is 0. The lowest BCUT2D eigenvalue weighted by molar-refractivity contribution is -0.122. The lowest BCUT2D eigenvalue weighted by Crippen LogP contribution is -2.34. The zero-order valence-electron chi connectivity index (χ0n) is 23.7. The first-order valence-corrected chi connectivity index (χ1v) is 13.3. The van der Waals surface area contributed by atoms with E-state index < -0.39 is 12.1 Å². The van der Waals surface area contributed by atoms with Gasteiger partial charge in [-0.25, -0.2) is 4.79 Å². The van der Waals surface area contributed by atoms with Gasteiger partial charge in [-0.15, -0.1) is 0 Å². The Morgan fingerprint density at radius 2 is 1.53 bits per heavy atom. The molecule has 0 radical (unpaired) electrons. The summed E-state index contributed by atoms with van der Waals surface area (Å²) in [5.41, 5.74) is 9.27. The smallest absolute Gasteiger partial charge is 0.411 e. The summed E-state index contributed by atoms with van der Waals surface area (Å²) in [5.74, 6) is 0.278. The van der Waals surface area contributed by atoms with Gasteiger partial charge in [0.2, 0.25) is 5.91 Å². The highest BCUT2D eigenvalue weighted by Gasteiger charge is 2.27. The number of nitrogens with one attached hydrogen (secondary N) is 3. The number of hydrogen-bond donors (Lipinski definition) is 5. The Balaban J connectivity index is 1.73. The van der Waals surface area contributed by atoms with Crippen LogP contribution in [0.25, 0.3) is 0 Å². The first-order valence-electron chi connectivity index (χ1n) is 13.3. The molecule has 1 atom stereocenters. The van der Waals surface area contributed by atoms with Crippen molar-refractivity contribution in [2.45, 2.75) is 19.2 Å². The fourth-order valence-electron chi connectivity index (χ4n) is 4.22.